The SMILES string of the molecule is CC1(C)O[C@@H]2CC3C4CCC5=CC(=O)CCC5(C)C4(F)C(O)CC3(C)[C@]2(C(=O)CCl)O1. The average molecular weight is 455 g/mol. The van der Waals surface area contributed by atoms with Gasteiger partial charge in [-0.05, 0) is 57.9 Å². The summed E-state index contributed by atoms with van der Waals surface area (Å²) in [6.07, 6.45) is 2.28. The maximum absolute atomic E-state index is 17.2. The summed E-state index contributed by atoms with van der Waals surface area (Å²) in [5.41, 5.74) is -4.00. The fourth-order valence-corrected chi connectivity index (χ4v) is 8.47. The van der Waals surface area contributed by atoms with Crippen LogP contribution >= 0.6 is 11.6 Å². The molecule has 4 fully saturated rings. The van der Waals surface area contributed by atoms with Crippen LogP contribution in [0.15, 0.2) is 11.6 Å². The van der Waals surface area contributed by atoms with E-state index >= 15 is 4.39 Å². The number of hydrogen-bond donors (Lipinski definition) is 1. The van der Waals surface area contributed by atoms with Crippen LogP contribution in [-0.4, -0.2) is 51.8 Å². The molecule has 0 radical (unpaired) electrons. The molecular formula is C24H32ClFO5. The van der Waals surface area contributed by atoms with Gasteiger partial charge >= 0.3 is 0 Å². The topological polar surface area (TPSA) is 72.8 Å². The van der Waals surface area contributed by atoms with Crippen LogP contribution in [0.2, 0.25) is 0 Å². The van der Waals surface area contributed by atoms with Gasteiger partial charge in [0.2, 0.25) is 0 Å². The molecule has 1 heterocycles. The maximum Gasteiger partial charge on any atom is 0.182 e. The largest absolute Gasteiger partial charge is 0.390 e. The van der Waals surface area contributed by atoms with Gasteiger partial charge in [-0.3, -0.25) is 9.59 Å². The van der Waals surface area contributed by atoms with Crippen LogP contribution in [0.4, 0.5) is 4.39 Å². The van der Waals surface area contributed by atoms with Gasteiger partial charge < -0.3 is 14.6 Å². The summed E-state index contributed by atoms with van der Waals surface area (Å²) in [7, 11) is 0. The number of aliphatic hydroxyl groups excluding tert-OH is 1. The van der Waals surface area contributed by atoms with Crippen molar-refractivity contribution in [1.82, 2.24) is 0 Å². The number of hydrogen-bond acceptors (Lipinski definition) is 5. The first-order valence-electron chi connectivity index (χ1n) is 11.4. The lowest BCUT2D eigenvalue weighted by Crippen LogP contribution is -2.70. The van der Waals surface area contributed by atoms with E-state index in [2.05, 4.69) is 0 Å². The number of alkyl halides is 2. The molecule has 0 bridgehead atoms. The fraction of sp³-hybridized carbons (Fsp3) is 0.833. The highest BCUT2D eigenvalue weighted by molar-refractivity contribution is 6.29. The van der Waals surface area contributed by atoms with E-state index in [0.29, 0.717) is 32.1 Å². The van der Waals surface area contributed by atoms with Gasteiger partial charge in [-0.25, -0.2) is 4.39 Å². The number of fused-ring (bicyclic) bond motifs is 7. The Morgan fingerprint density at radius 3 is 2.65 bits per heavy atom. The van der Waals surface area contributed by atoms with E-state index in [1.165, 1.54) is 0 Å². The lowest BCUT2D eigenvalue weighted by Gasteiger charge is -2.63. The smallest absolute Gasteiger partial charge is 0.182 e. The summed E-state index contributed by atoms with van der Waals surface area (Å²) < 4.78 is 29.7. The second kappa shape index (κ2) is 6.40. The van der Waals surface area contributed by atoms with Gasteiger partial charge in [0.25, 0.3) is 0 Å². The third-order valence-electron chi connectivity index (χ3n) is 9.57. The molecule has 0 spiro atoms. The highest BCUT2D eigenvalue weighted by Crippen LogP contribution is 2.72. The van der Waals surface area contributed by atoms with Gasteiger partial charge in [0.15, 0.2) is 23.0 Å². The number of ketones is 2. The highest BCUT2D eigenvalue weighted by atomic mass is 35.5. The zero-order chi connectivity index (χ0) is 22.6. The second-order valence-corrected chi connectivity index (χ2v) is 11.5. The molecular weight excluding hydrogens is 423 g/mol. The third-order valence-corrected chi connectivity index (χ3v) is 9.81. The van der Waals surface area contributed by atoms with Crippen LogP contribution in [0, 0.1) is 22.7 Å². The molecule has 0 aromatic rings. The lowest BCUT2D eigenvalue weighted by molar-refractivity contribution is -0.250. The van der Waals surface area contributed by atoms with Gasteiger partial charge in [-0.15, -0.1) is 11.6 Å². The standard InChI is InChI=1S/C24H32ClFO5/c1-20(2)30-19-10-16-15-6-5-13-9-14(27)7-8-21(13,3)23(15,26)17(28)11-22(16,4)24(19,31-20)18(29)12-25/h9,15-17,19,28H,5-8,10-12H2,1-4H3/t15?,16?,17?,19-,21?,22?,23?,24-/m1/s1. The van der Waals surface area contributed by atoms with Gasteiger partial charge in [0.1, 0.15) is 5.67 Å². The summed E-state index contributed by atoms with van der Waals surface area (Å²) in [5.74, 6) is -2.02. The molecule has 8 atom stereocenters. The minimum atomic E-state index is -1.86. The molecule has 4 aliphatic carbocycles. The number of Topliss-reactive ketones (excluding diaryl/α,β-unsaturated/α-hetero) is 1. The molecule has 7 heteroatoms. The Morgan fingerprint density at radius 1 is 1.26 bits per heavy atom. The van der Waals surface area contributed by atoms with Crippen molar-refractivity contribution >= 4 is 23.2 Å². The summed E-state index contributed by atoms with van der Waals surface area (Å²) in [5, 5.41) is 11.4. The number of carbonyl (C=O) groups is 2. The molecule has 3 saturated carbocycles. The Bertz CT molecular complexity index is 887. The van der Waals surface area contributed by atoms with Crippen LogP contribution in [0.3, 0.4) is 0 Å². The van der Waals surface area contributed by atoms with E-state index in [4.69, 9.17) is 21.1 Å². The minimum Gasteiger partial charge on any atom is -0.390 e. The first-order valence-corrected chi connectivity index (χ1v) is 12.0. The molecule has 0 amide bonds. The van der Waals surface area contributed by atoms with Crippen molar-refractivity contribution in [1.29, 1.82) is 0 Å². The molecule has 6 unspecified atom stereocenters. The average Bonchev–Trinajstić information content (AvgIpc) is 3.09. The van der Waals surface area contributed by atoms with Crippen molar-refractivity contribution in [3.63, 3.8) is 0 Å². The number of carbonyl (C=O) groups excluding carboxylic acids is 2. The number of halogens is 2. The molecule has 31 heavy (non-hydrogen) atoms. The molecule has 5 nitrogen and oxygen atoms in total. The van der Waals surface area contributed by atoms with Gasteiger partial charge in [-0.1, -0.05) is 19.4 Å². The van der Waals surface area contributed by atoms with E-state index in [1.54, 1.807) is 19.9 Å². The lowest BCUT2D eigenvalue weighted by atomic mass is 9.44. The summed E-state index contributed by atoms with van der Waals surface area (Å²) in [6, 6.07) is 0. The van der Waals surface area contributed by atoms with Crippen molar-refractivity contribution in [2.75, 3.05) is 5.88 Å². The van der Waals surface area contributed by atoms with Crippen LogP contribution in [0.25, 0.3) is 0 Å². The first kappa shape index (κ1) is 22.0. The summed E-state index contributed by atoms with van der Waals surface area (Å²) >= 11 is 6.05. The molecule has 1 saturated heterocycles. The number of ether oxygens (including phenoxy) is 2. The first-order chi connectivity index (χ1) is 14.4. The van der Waals surface area contributed by atoms with E-state index in [1.807, 2.05) is 13.8 Å². The molecule has 1 N–H and O–H groups in total. The van der Waals surface area contributed by atoms with Crippen molar-refractivity contribution in [3.8, 4) is 0 Å². The van der Waals surface area contributed by atoms with Gasteiger partial charge in [0.05, 0.1) is 18.1 Å². The monoisotopic (exact) mass is 454 g/mol. The molecule has 5 aliphatic rings. The van der Waals surface area contributed by atoms with Crippen LogP contribution in [-0.2, 0) is 19.1 Å². The number of rotatable bonds is 2. The molecule has 0 aromatic carbocycles. The second-order valence-electron chi connectivity index (χ2n) is 11.3. The predicted molar refractivity (Wildman–Crippen MR) is 112 cm³/mol. The quantitative estimate of drug-likeness (QED) is 0.641. The van der Waals surface area contributed by atoms with Crippen molar-refractivity contribution in [2.45, 2.75) is 95.5 Å². The van der Waals surface area contributed by atoms with Crippen molar-refractivity contribution < 1.29 is 28.6 Å². The Balaban J connectivity index is 1.63. The molecule has 0 aromatic heterocycles. The zero-order valence-corrected chi connectivity index (χ0v) is 19.4. The molecule has 1 aliphatic heterocycles. The summed E-state index contributed by atoms with van der Waals surface area (Å²) in [4.78, 5) is 25.3. The predicted octanol–water partition coefficient (Wildman–Crippen LogP) is 3.89. The normalized spacial score (nSPS) is 52.6. The van der Waals surface area contributed by atoms with Crippen molar-refractivity contribution in [2.24, 2.45) is 22.7 Å². The number of allylic oxidation sites excluding steroid dienone is 1. The summed E-state index contributed by atoms with van der Waals surface area (Å²) in [6.45, 7) is 7.38. The Hall–Kier alpha value is -0.820. The maximum atomic E-state index is 17.2. The third kappa shape index (κ3) is 2.43. The van der Waals surface area contributed by atoms with Crippen LogP contribution in [0.5, 0.6) is 0 Å². The Morgan fingerprint density at radius 2 is 1.97 bits per heavy atom. The number of aliphatic hydroxyl groups is 1. The zero-order valence-electron chi connectivity index (χ0n) is 18.7. The molecule has 172 valence electrons. The Labute approximate surface area is 187 Å². The fourth-order valence-electron chi connectivity index (χ4n) is 8.27. The Kier molecular flexibility index (Phi) is 4.54. The van der Waals surface area contributed by atoms with Gasteiger partial charge in [-0.2, -0.15) is 0 Å². The van der Waals surface area contributed by atoms with Gasteiger partial charge in [0, 0.05) is 23.2 Å². The van der Waals surface area contributed by atoms with Crippen LogP contribution < -0.4 is 0 Å². The highest BCUT2D eigenvalue weighted by Gasteiger charge is 2.80. The molecule has 5 rings (SSSR count). The van der Waals surface area contributed by atoms with E-state index < -0.39 is 46.0 Å². The van der Waals surface area contributed by atoms with E-state index in [9.17, 15) is 14.7 Å². The van der Waals surface area contributed by atoms with E-state index in [0.717, 1.165) is 5.57 Å². The van der Waals surface area contributed by atoms with Crippen molar-refractivity contribution in [3.05, 3.63) is 11.6 Å². The van der Waals surface area contributed by atoms with E-state index in [-0.39, 0.29) is 29.8 Å². The van der Waals surface area contributed by atoms with Crippen LogP contribution in [0.1, 0.15) is 66.2 Å². The minimum absolute atomic E-state index is 0.0377.